The molecule has 0 radical (unpaired) electrons. The number of anilines is 1. The van der Waals surface area contributed by atoms with Crippen molar-refractivity contribution in [2.24, 2.45) is 5.10 Å². The highest BCUT2D eigenvalue weighted by Gasteiger charge is 2.19. The van der Waals surface area contributed by atoms with Crippen LogP contribution in [-0.2, 0) is 11.2 Å². The van der Waals surface area contributed by atoms with Gasteiger partial charge < -0.3 is 4.42 Å². The van der Waals surface area contributed by atoms with E-state index in [1.165, 1.54) is 22.6 Å². The monoisotopic (exact) mass is 375 g/mol. The number of carbonyl (C=O) groups excluding carboxylic acids is 1. The number of hydrogen-bond acceptors (Lipinski definition) is 5. The van der Waals surface area contributed by atoms with Crippen LogP contribution < -0.4 is 5.01 Å². The van der Waals surface area contributed by atoms with Crippen LogP contribution in [0.5, 0.6) is 0 Å². The van der Waals surface area contributed by atoms with Crippen LogP contribution in [0.25, 0.3) is 10.2 Å². The van der Waals surface area contributed by atoms with Gasteiger partial charge in [0.1, 0.15) is 5.76 Å². The van der Waals surface area contributed by atoms with Gasteiger partial charge in [0, 0.05) is 0 Å². The fourth-order valence-electron chi connectivity index (χ4n) is 2.66. The van der Waals surface area contributed by atoms with Crippen LogP contribution in [0.4, 0.5) is 5.13 Å². The topological polar surface area (TPSA) is 58.7 Å². The van der Waals surface area contributed by atoms with Gasteiger partial charge in [-0.1, -0.05) is 47.7 Å². The lowest BCUT2D eigenvalue weighted by Gasteiger charge is -2.13. The van der Waals surface area contributed by atoms with Gasteiger partial charge in [-0.3, -0.25) is 4.79 Å². The molecule has 2 aromatic heterocycles. The second kappa shape index (κ2) is 7.55. The van der Waals surface area contributed by atoms with Gasteiger partial charge in [-0.15, -0.1) is 0 Å². The maximum atomic E-state index is 13.0. The number of benzene rings is 2. The SMILES string of the molecule is Cc1ccc2nc(N(/N=C\c3ccco3)C(=O)Cc3ccccc3)sc2c1. The van der Waals surface area contributed by atoms with Crippen molar-refractivity contribution < 1.29 is 9.21 Å². The van der Waals surface area contributed by atoms with Crippen LogP contribution >= 0.6 is 11.3 Å². The van der Waals surface area contributed by atoms with E-state index in [-0.39, 0.29) is 12.3 Å². The molecule has 2 aromatic carbocycles. The van der Waals surface area contributed by atoms with Gasteiger partial charge in [-0.2, -0.15) is 10.1 Å². The lowest BCUT2D eigenvalue weighted by Crippen LogP contribution is -2.27. The Balaban J connectivity index is 1.68. The van der Waals surface area contributed by atoms with Crippen molar-refractivity contribution in [3.8, 4) is 0 Å². The molecular formula is C21H17N3O2S. The summed E-state index contributed by atoms with van der Waals surface area (Å²) < 4.78 is 6.31. The highest BCUT2D eigenvalue weighted by Crippen LogP contribution is 2.30. The summed E-state index contributed by atoms with van der Waals surface area (Å²) in [5, 5.41) is 6.26. The van der Waals surface area contributed by atoms with Crippen LogP contribution in [0.2, 0.25) is 0 Å². The van der Waals surface area contributed by atoms with Gasteiger partial charge in [0.05, 0.1) is 29.1 Å². The fraction of sp³-hybridized carbons (Fsp3) is 0.0952. The third kappa shape index (κ3) is 3.96. The minimum absolute atomic E-state index is 0.153. The van der Waals surface area contributed by atoms with Crippen molar-refractivity contribution >= 4 is 38.8 Å². The number of fused-ring (bicyclic) bond motifs is 1. The standard InChI is InChI=1S/C21H17N3O2S/c1-15-9-10-18-19(12-15)27-21(23-18)24(22-14-17-8-5-11-26-17)20(25)13-16-6-3-2-4-7-16/h2-12,14H,13H2,1H3/b22-14-. The second-order valence-corrected chi connectivity index (χ2v) is 7.10. The van der Waals surface area contributed by atoms with Crippen LogP contribution in [0.3, 0.4) is 0 Å². The van der Waals surface area contributed by atoms with Crippen LogP contribution in [0.15, 0.2) is 76.4 Å². The number of furan rings is 1. The summed E-state index contributed by atoms with van der Waals surface area (Å²) >= 11 is 1.45. The molecule has 0 spiro atoms. The quantitative estimate of drug-likeness (QED) is 0.372. The Morgan fingerprint density at radius 1 is 1.19 bits per heavy atom. The molecule has 0 saturated heterocycles. The molecule has 0 aliphatic rings. The molecular weight excluding hydrogens is 358 g/mol. The second-order valence-electron chi connectivity index (χ2n) is 6.10. The minimum Gasteiger partial charge on any atom is -0.463 e. The molecule has 2 heterocycles. The first-order chi connectivity index (χ1) is 13.2. The third-order valence-electron chi connectivity index (χ3n) is 3.99. The lowest BCUT2D eigenvalue weighted by atomic mass is 10.1. The van der Waals surface area contributed by atoms with E-state index in [1.807, 2.05) is 49.4 Å². The summed E-state index contributed by atoms with van der Waals surface area (Å²) in [6, 6.07) is 19.2. The molecule has 0 atom stereocenters. The molecule has 4 aromatic rings. The fourth-order valence-corrected chi connectivity index (χ4v) is 3.69. The van der Waals surface area contributed by atoms with E-state index in [2.05, 4.69) is 16.2 Å². The average molecular weight is 375 g/mol. The molecule has 0 aliphatic heterocycles. The van der Waals surface area contributed by atoms with Crippen molar-refractivity contribution in [2.45, 2.75) is 13.3 Å². The predicted molar refractivity (Wildman–Crippen MR) is 108 cm³/mol. The number of nitrogens with zero attached hydrogens (tertiary/aromatic N) is 3. The molecule has 0 N–H and O–H groups in total. The predicted octanol–water partition coefficient (Wildman–Crippen LogP) is 4.81. The van der Waals surface area contributed by atoms with Crippen LogP contribution in [0.1, 0.15) is 16.9 Å². The normalized spacial score (nSPS) is 11.3. The van der Waals surface area contributed by atoms with Gasteiger partial charge >= 0.3 is 0 Å². The first-order valence-corrected chi connectivity index (χ1v) is 9.32. The zero-order valence-electron chi connectivity index (χ0n) is 14.7. The van der Waals surface area contributed by atoms with E-state index in [9.17, 15) is 4.79 Å². The number of thiazole rings is 1. The van der Waals surface area contributed by atoms with E-state index < -0.39 is 0 Å². The molecule has 0 aliphatic carbocycles. The Labute approximate surface area is 160 Å². The lowest BCUT2D eigenvalue weighted by molar-refractivity contribution is -0.118. The molecule has 0 fully saturated rings. The Morgan fingerprint density at radius 2 is 2.04 bits per heavy atom. The van der Waals surface area contributed by atoms with Gasteiger partial charge in [-0.25, -0.2) is 4.98 Å². The van der Waals surface area contributed by atoms with Gasteiger partial charge in [0.15, 0.2) is 0 Å². The average Bonchev–Trinajstić information content (AvgIpc) is 3.32. The number of carbonyl (C=O) groups is 1. The Bertz CT molecular complexity index is 1090. The number of hydrogen-bond donors (Lipinski definition) is 0. The Hall–Kier alpha value is -3.25. The molecule has 6 heteroatoms. The van der Waals surface area contributed by atoms with Crippen LogP contribution in [0, 0.1) is 6.92 Å². The first kappa shape index (κ1) is 17.2. The Morgan fingerprint density at radius 3 is 2.81 bits per heavy atom. The smallest absolute Gasteiger partial charge is 0.253 e. The summed E-state index contributed by atoms with van der Waals surface area (Å²) in [6.45, 7) is 2.03. The number of hydrazone groups is 1. The van der Waals surface area contributed by atoms with Gasteiger partial charge in [0.2, 0.25) is 5.13 Å². The molecule has 0 saturated carbocycles. The molecule has 4 rings (SSSR count). The van der Waals surface area contributed by atoms with Crippen molar-refractivity contribution in [3.05, 3.63) is 83.8 Å². The maximum Gasteiger partial charge on any atom is 0.253 e. The summed E-state index contributed by atoms with van der Waals surface area (Å²) in [7, 11) is 0. The number of amides is 1. The highest BCUT2D eigenvalue weighted by atomic mass is 32.1. The summed E-state index contributed by atoms with van der Waals surface area (Å²) in [5.41, 5.74) is 2.93. The number of rotatable bonds is 5. The summed E-state index contributed by atoms with van der Waals surface area (Å²) in [6.07, 6.45) is 3.34. The van der Waals surface area contributed by atoms with Crippen molar-refractivity contribution in [2.75, 3.05) is 5.01 Å². The van der Waals surface area contributed by atoms with Crippen molar-refractivity contribution in [3.63, 3.8) is 0 Å². The summed E-state index contributed by atoms with van der Waals surface area (Å²) in [4.78, 5) is 17.6. The molecule has 5 nitrogen and oxygen atoms in total. The zero-order valence-corrected chi connectivity index (χ0v) is 15.5. The largest absolute Gasteiger partial charge is 0.463 e. The molecule has 0 unspecified atom stereocenters. The molecule has 134 valence electrons. The maximum absolute atomic E-state index is 13.0. The minimum atomic E-state index is -0.153. The highest BCUT2D eigenvalue weighted by molar-refractivity contribution is 7.22. The molecule has 1 amide bonds. The molecule has 27 heavy (non-hydrogen) atoms. The van der Waals surface area contributed by atoms with Crippen molar-refractivity contribution in [1.29, 1.82) is 0 Å². The Kier molecular flexibility index (Phi) is 4.80. The summed E-state index contributed by atoms with van der Waals surface area (Å²) in [5.74, 6) is 0.421. The van der Waals surface area contributed by atoms with E-state index in [0.29, 0.717) is 10.9 Å². The van der Waals surface area contributed by atoms with Gasteiger partial charge in [-0.05, 0) is 42.3 Å². The van der Waals surface area contributed by atoms with E-state index >= 15 is 0 Å². The number of aromatic nitrogens is 1. The first-order valence-electron chi connectivity index (χ1n) is 8.50. The zero-order chi connectivity index (χ0) is 18.6. The van der Waals surface area contributed by atoms with E-state index in [4.69, 9.17) is 4.42 Å². The van der Waals surface area contributed by atoms with E-state index in [1.54, 1.807) is 18.4 Å². The van der Waals surface area contributed by atoms with Gasteiger partial charge in [0.25, 0.3) is 5.91 Å². The number of aryl methyl sites for hydroxylation is 1. The third-order valence-corrected chi connectivity index (χ3v) is 4.99. The van der Waals surface area contributed by atoms with Crippen molar-refractivity contribution in [1.82, 2.24) is 4.98 Å². The van der Waals surface area contributed by atoms with E-state index in [0.717, 1.165) is 21.3 Å². The molecule has 0 bridgehead atoms. The van der Waals surface area contributed by atoms with Crippen LogP contribution in [-0.4, -0.2) is 17.1 Å².